The van der Waals surface area contributed by atoms with E-state index in [1.165, 1.54) is 360 Å². The maximum absolute atomic E-state index is 12.6. The standard InChI is InChI=1S/C81H155NO5/c1-3-5-7-9-11-13-15-17-18-19-20-38-41-44-47-50-53-57-61-65-69-73-79(84)78(77-83)82-80(85)74-70-66-62-58-54-51-48-45-42-39-36-34-32-30-28-26-24-22-21-23-25-27-29-31-33-35-37-40-43-46-49-52-56-60-64-68-72-76-87-81(86)75-71-67-63-59-55-16-14-12-10-8-6-4-2/h12,14,21,23,27,29,78-79,83-84H,3-11,13,15-20,22,24-26,28,30-77H2,1-2H3,(H,82,85)/b14-12-,23-21-,29-27-. The summed E-state index contributed by atoms with van der Waals surface area (Å²) in [4.78, 5) is 24.6. The molecule has 0 spiro atoms. The topological polar surface area (TPSA) is 95.9 Å². The molecule has 2 atom stereocenters. The fourth-order valence-corrected chi connectivity index (χ4v) is 12.6. The van der Waals surface area contributed by atoms with Gasteiger partial charge in [-0.15, -0.1) is 0 Å². The monoisotopic (exact) mass is 1220 g/mol. The molecule has 87 heavy (non-hydrogen) atoms. The highest BCUT2D eigenvalue weighted by molar-refractivity contribution is 5.76. The number of esters is 1. The van der Waals surface area contributed by atoms with Gasteiger partial charge in [-0.05, 0) is 83.5 Å². The van der Waals surface area contributed by atoms with Crippen molar-refractivity contribution in [2.75, 3.05) is 13.2 Å². The van der Waals surface area contributed by atoms with Crippen LogP contribution in [-0.4, -0.2) is 47.4 Å². The number of aliphatic hydroxyl groups is 2. The summed E-state index contributed by atoms with van der Waals surface area (Å²) < 4.78 is 5.48. The van der Waals surface area contributed by atoms with Crippen LogP contribution in [0.4, 0.5) is 0 Å². The van der Waals surface area contributed by atoms with Gasteiger partial charge >= 0.3 is 5.97 Å². The molecule has 0 saturated heterocycles. The second kappa shape index (κ2) is 76.5. The lowest BCUT2D eigenvalue weighted by molar-refractivity contribution is -0.143. The third-order valence-electron chi connectivity index (χ3n) is 18.7. The van der Waals surface area contributed by atoms with E-state index in [1.807, 2.05) is 0 Å². The highest BCUT2D eigenvalue weighted by Gasteiger charge is 2.20. The maximum atomic E-state index is 12.6. The zero-order valence-electron chi connectivity index (χ0n) is 59.0. The van der Waals surface area contributed by atoms with Gasteiger partial charge in [0.25, 0.3) is 0 Å². The van der Waals surface area contributed by atoms with E-state index in [-0.39, 0.29) is 18.5 Å². The molecule has 0 fully saturated rings. The Morgan fingerprint density at radius 2 is 0.575 bits per heavy atom. The first-order chi connectivity index (χ1) is 43.0. The number of hydrogen-bond donors (Lipinski definition) is 3. The van der Waals surface area contributed by atoms with Crippen molar-refractivity contribution >= 4 is 11.9 Å². The van der Waals surface area contributed by atoms with Crippen LogP contribution in [0.1, 0.15) is 444 Å². The Kier molecular flexibility index (Phi) is 74.8. The van der Waals surface area contributed by atoms with Crippen LogP contribution in [0.25, 0.3) is 0 Å². The van der Waals surface area contributed by atoms with E-state index < -0.39 is 12.1 Å². The van der Waals surface area contributed by atoms with Gasteiger partial charge in [-0.3, -0.25) is 9.59 Å². The zero-order valence-corrected chi connectivity index (χ0v) is 59.0. The van der Waals surface area contributed by atoms with E-state index in [0.717, 1.165) is 51.4 Å². The van der Waals surface area contributed by atoms with Gasteiger partial charge in [0, 0.05) is 12.8 Å². The van der Waals surface area contributed by atoms with Crippen molar-refractivity contribution < 1.29 is 24.5 Å². The number of hydrogen-bond acceptors (Lipinski definition) is 5. The average molecular weight is 1220 g/mol. The summed E-state index contributed by atoms with van der Waals surface area (Å²) in [5.41, 5.74) is 0. The number of rotatable bonds is 75. The molecule has 0 aliphatic rings. The van der Waals surface area contributed by atoms with Gasteiger partial charge in [-0.1, -0.05) is 384 Å². The molecule has 2 unspecified atom stereocenters. The second-order valence-electron chi connectivity index (χ2n) is 27.4. The van der Waals surface area contributed by atoms with Crippen LogP contribution < -0.4 is 5.32 Å². The highest BCUT2D eigenvalue weighted by atomic mass is 16.5. The summed E-state index contributed by atoms with van der Waals surface area (Å²) in [6, 6.07) is -0.540. The molecule has 0 bridgehead atoms. The van der Waals surface area contributed by atoms with Crippen LogP contribution in [-0.2, 0) is 14.3 Å². The summed E-state index contributed by atoms with van der Waals surface area (Å²) in [6.07, 6.45) is 99.6. The molecule has 0 aliphatic heterocycles. The Morgan fingerprint density at radius 3 is 0.908 bits per heavy atom. The van der Waals surface area contributed by atoms with Crippen molar-refractivity contribution in [3.63, 3.8) is 0 Å². The largest absolute Gasteiger partial charge is 0.466 e. The number of carbonyl (C=O) groups is 2. The minimum absolute atomic E-state index is 0.00917. The smallest absolute Gasteiger partial charge is 0.305 e. The van der Waals surface area contributed by atoms with Gasteiger partial charge in [0.1, 0.15) is 0 Å². The Labute approximate surface area is 544 Å². The lowest BCUT2D eigenvalue weighted by Crippen LogP contribution is -2.45. The Morgan fingerprint density at radius 1 is 0.322 bits per heavy atom. The molecule has 3 N–H and O–H groups in total. The lowest BCUT2D eigenvalue weighted by atomic mass is 10.0. The molecular weight excluding hydrogens is 1070 g/mol. The number of ether oxygens (including phenoxy) is 1. The predicted molar refractivity (Wildman–Crippen MR) is 384 cm³/mol. The van der Waals surface area contributed by atoms with Crippen LogP contribution in [0, 0.1) is 0 Å². The van der Waals surface area contributed by atoms with Crippen molar-refractivity contribution in [3.8, 4) is 0 Å². The quantitative estimate of drug-likeness (QED) is 0.0320. The van der Waals surface area contributed by atoms with Crippen molar-refractivity contribution in [1.82, 2.24) is 5.32 Å². The predicted octanol–water partition coefficient (Wildman–Crippen LogP) is 26.2. The molecule has 6 nitrogen and oxygen atoms in total. The molecule has 0 saturated carbocycles. The first kappa shape index (κ1) is 85.1. The van der Waals surface area contributed by atoms with Gasteiger partial charge in [0.05, 0.1) is 25.4 Å². The summed E-state index contributed by atoms with van der Waals surface area (Å²) >= 11 is 0. The van der Waals surface area contributed by atoms with Crippen LogP contribution in [0.2, 0.25) is 0 Å². The van der Waals surface area contributed by atoms with E-state index in [4.69, 9.17) is 4.74 Å². The molecule has 0 aliphatic carbocycles. The van der Waals surface area contributed by atoms with Gasteiger partial charge in [0.15, 0.2) is 0 Å². The summed E-state index contributed by atoms with van der Waals surface area (Å²) in [7, 11) is 0. The fourth-order valence-electron chi connectivity index (χ4n) is 12.6. The van der Waals surface area contributed by atoms with Crippen molar-refractivity contribution in [1.29, 1.82) is 0 Å². The number of amides is 1. The van der Waals surface area contributed by atoms with Crippen LogP contribution in [0.5, 0.6) is 0 Å². The minimum atomic E-state index is -0.664. The summed E-state index contributed by atoms with van der Waals surface area (Å²) in [5, 5.41) is 23.5. The molecule has 0 radical (unpaired) electrons. The van der Waals surface area contributed by atoms with Crippen molar-refractivity contribution in [3.05, 3.63) is 36.5 Å². The molecule has 0 aromatic heterocycles. The Bertz CT molecular complexity index is 1410. The normalized spacial score (nSPS) is 12.6. The molecule has 0 rings (SSSR count). The fraction of sp³-hybridized carbons (Fsp3) is 0.901. The first-order valence-electron chi connectivity index (χ1n) is 39.7. The second-order valence-corrected chi connectivity index (χ2v) is 27.4. The van der Waals surface area contributed by atoms with Crippen LogP contribution in [0.15, 0.2) is 36.5 Å². The van der Waals surface area contributed by atoms with E-state index in [1.54, 1.807) is 0 Å². The number of nitrogens with one attached hydrogen (secondary N) is 1. The minimum Gasteiger partial charge on any atom is -0.466 e. The highest BCUT2D eigenvalue weighted by Crippen LogP contribution is 2.20. The van der Waals surface area contributed by atoms with E-state index in [9.17, 15) is 19.8 Å². The molecule has 0 aromatic rings. The van der Waals surface area contributed by atoms with Gasteiger partial charge < -0.3 is 20.3 Å². The molecule has 514 valence electrons. The van der Waals surface area contributed by atoms with Crippen LogP contribution >= 0.6 is 0 Å². The lowest BCUT2D eigenvalue weighted by Gasteiger charge is -2.22. The van der Waals surface area contributed by atoms with Crippen LogP contribution in [0.3, 0.4) is 0 Å². The number of unbranched alkanes of at least 4 members (excludes halogenated alkanes) is 58. The Hall–Kier alpha value is -1.92. The molecular formula is C81H155NO5. The van der Waals surface area contributed by atoms with Crippen molar-refractivity contribution in [2.45, 2.75) is 456 Å². The van der Waals surface area contributed by atoms with Crippen molar-refractivity contribution in [2.24, 2.45) is 0 Å². The molecule has 6 heteroatoms. The number of allylic oxidation sites excluding steroid dienone is 6. The molecule has 1 amide bonds. The Balaban J connectivity index is 3.37. The van der Waals surface area contributed by atoms with Gasteiger partial charge in [0.2, 0.25) is 5.91 Å². The summed E-state index contributed by atoms with van der Waals surface area (Å²) in [5.74, 6) is -0.0181. The van der Waals surface area contributed by atoms with E-state index in [0.29, 0.717) is 25.9 Å². The third kappa shape index (κ3) is 73.0. The van der Waals surface area contributed by atoms with E-state index in [2.05, 4.69) is 55.6 Å². The SMILES string of the molecule is CCCCC/C=C\CCCCCCCC(=O)OCCCCCCCCCCCCCCC/C=C\C/C=C\CCCCCCCCCCCCCCCCCCCC(=O)NC(CO)C(O)CCCCCCCCCCCCCCCCCCCCCCC. The number of carbonyl (C=O) groups excluding carboxylic acids is 2. The first-order valence-corrected chi connectivity index (χ1v) is 39.7. The number of aliphatic hydroxyl groups excluding tert-OH is 2. The maximum Gasteiger partial charge on any atom is 0.305 e. The van der Waals surface area contributed by atoms with Gasteiger partial charge in [-0.2, -0.15) is 0 Å². The van der Waals surface area contributed by atoms with Gasteiger partial charge in [-0.25, -0.2) is 0 Å². The summed E-state index contributed by atoms with van der Waals surface area (Å²) in [6.45, 7) is 4.97. The van der Waals surface area contributed by atoms with E-state index >= 15 is 0 Å². The molecule has 0 heterocycles. The third-order valence-corrected chi connectivity index (χ3v) is 18.7. The average Bonchev–Trinajstić information content (AvgIpc) is 3.52. The zero-order chi connectivity index (χ0) is 62.8. The molecule has 0 aromatic carbocycles.